The maximum atomic E-state index is 12.4. The van der Waals surface area contributed by atoms with Gasteiger partial charge in [0.2, 0.25) is 5.91 Å². The van der Waals surface area contributed by atoms with Crippen LogP contribution in [-0.2, 0) is 4.79 Å². The zero-order chi connectivity index (χ0) is 17.1. The number of carbonyl (C=O) groups is 2. The number of likely N-dealkylation sites (tertiary alicyclic amines) is 1. The molecule has 1 saturated heterocycles. The van der Waals surface area contributed by atoms with Gasteiger partial charge in [0, 0.05) is 19.0 Å². The molecule has 6 nitrogen and oxygen atoms in total. The molecule has 1 aliphatic rings. The van der Waals surface area contributed by atoms with Crippen molar-refractivity contribution in [3.63, 3.8) is 0 Å². The van der Waals surface area contributed by atoms with Crippen molar-refractivity contribution in [1.82, 2.24) is 4.90 Å². The maximum Gasteiger partial charge on any atom is 0.257 e. The van der Waals surface area contributed by atoms with Crippen molar-refractivity contribution < 1.29 is 19.1 Å². The highest BCUT2D eigenvalue weighted by Gasteiger charge is 2.28. The topological polar surface area (TPSA) is 82.8 Å². The van der Waals surface area contributed by atoms with Crippen LogP contribution in [-0.4, -0.2) is 34.9 Å². The van der Waals surface area contributed by atoms with Gasteiger partial charge in [-0.2, -0.15) is 0 Å². The second-order valence-electron chi connectivity index (χ2n) is 6.09. The Morgan fingerprint density at radius 1 is 1.25 bits per heavy atom. The molecule has 2 N–H and O–H groups in total. The van der Waals surface area contributed by atoms with Gasteiger partial charge < -0.3 is 19.7 Å². The lowest BCUT2D eigenvalue weighted by Crippen LogP contribution is -2.41. The normalized spacial score (nSPS) is 15.3. The summed E-state index contributed by atoms with van der Waals surface area (Å²) >= 11 is 0. The summed E-state index contributed by atoms with van der Waals surface area (Å²) in [5.41, 5.74) is 1.88. The molecule has 2 amide bonds. The van der Waals surface area contributed by atoms with Crippen molar-refractivity contribution in [2.24, 2.45) is 5.92 Å². The van der Waals surface area contributed by atoms with Gasteiger partial charge in [-0.1, -0.05) is 6.07 Å². The minimum Gasteiger partial charge on any atom is -0.506 e. The average Bonchev–Trinajstić information content (AvgIpc) is 3.11. The summed E-state index contributed by atoms with van der Waals surface area (Å²) in [6.07, 6.45) is 4.10. The molecule has 0 radical (unpaired) electrons. The summed E-state index contributed by atoms with van der Waals surface area (Å²) in [5, 5.41) is 12.7. The Hall–Kier alpha value is -2.76. The Kier molecular flexibility index (Phi) is 4.55. The smallest absolute Gasteiger partial charge is 0.257 e. The molecule has 0 atom stereocenters. The van der Waals surface area contributed by atoms with Gasteiger partial charge in [-0.15, -0.1) is 0 Å². The van der Waals surface area contributed by atoms with Crippen molar-refractivity contribution in [2.45, 2.75) is 19.8 Å². The number of anilines is 1. The van der Waals surface area contributed by atoms with Gasteiger partial charge in [-0.05, 0) is 43.5 Å². The number of nitrogens with zero attached hydrogens (tertiary/aromatic N) is 1. The number of amides is 2. The van der Waals surface area contributed by atoms with Crippen LogP contribution in [0.1, 0.15) is 28.8 Å². The van der Waals surface area contributed by atoms with Crippen LogP contribution in [0.4, 0.5) is 5.69 Å². The van der Waals surface area contributed by atoms with Gasteiger partial charge >= 0.3 is 0 Å². The summed E-state index contributed by atoms with van der Waals surface area (Å²) in [7, 11) is 0. The van der Waals surface area contributed by atoms with E-state index in [-0.39, 0.29) is 23.5 Å². The second kappa shape index (κ2) is 6.78. The van der Waals surface area contributed by atoms with E-state index in [1.54, 1.807) is 23.1 Å². The van der Waals surface area contributed by atoms with Crippen LogP contribution >= 0.6 is 0 Å². The Labute approximate surface area is 140 Å². The lowest BCUT2D eigenvalue weighted by molar-refractivity contribution is -0.121. The summed E-state index contributed by atoms with van der Waals surface area (Å²) < 4.78 is 4.94. The van der Waals surface area contributed by atoms with Crippen molar-refractivity contribution >= 4 is 17.5 Å². The fraction of sp³-hybridized carbons (Fsp3) is 0.333. The van der Waals surface area contributed by atoms with Crippen LogP contribution in [0.5, 0.6) is 5.75 Å². The first-order valence-electron chi connectivity index (χ1n) is 7.96. The quantitative estimate of drug-likeness (QED) is 0.849. The molecule has 2 aromatic rings. The molecule has 1 aromatic carbocycles. The first kappa shape index (κ1) is 16.1. The average molecular weight is 328 g/mol. The molecule has 126 valence electrons. The van der Waals surface area contributed by atoms with Crippen LogP contribution in [0.15, 0.2) is 41.2 Å². The van der Waals surface area contributed by atoms with Gasteiger partial charge in [0.25, 0.3) is 5.91 Å². The third-order valence-corrected chi connectivity index (χ3v) is 4.33. The van der Waals surface area contributed by atoms with E-state index < -0.39 is 0 Å². The Morgan fingerprint density at radius 2 is 2.00 bits per heavy atom. The van der Waals surface area contributed by atoms with Crippen LogP contribution in [0.2, 0.25) is 0 Å². The Balaban J connectivity index is 1.56. The first-order chi connectivity index (χ1) is 11.5. The monoisotopic (exact) mass is 328 g/mol. The van der Waals surface area contributed by atoms with E-state index in [1.165, 1.54) is 12.5 Å². The predicted octanol–water partition coefficient (Wildman–Crippen LogP) is 2.78. The van der Waals surface area contributed by atoms with E-state index in [0.717, 1.165) is 5.56 Å². The second-order valence-corrected chi connectivity index (χ2v) is 6.09. The lowest BCUT2D eigenvalue weighted by Gasteiger charge is -2.31. The number of carbonyl (C=O) groups excluding carboxylic acids is 2. The van der Waals surface area contributed by atoms with E-state index in [9.17, 15) is 14.7 Å². The number of phenols is 1. The SMILES string of the molecule is Cc1ccc(NC(=O)C2CCN(C(=O)c3ccoc3)CC2)c(O)c1. The molecule has 3 rings (SSSR count). The minimum atomic E-state index is -0.167. The highest BCUT2D eigenvalue weighted by Crippen LogP contribution is 2.26. The summed E-state index contributed by atoms with van der Waals surface area (Å²) in [5.74, 6) is -0.293. The fourth-order valence-electron chi connectivity index (χ4n) is 2.90. The zero-order valence-electron chi connectivity index (χ0n) is 13.5. The highest BCUT2D eigenvalue weighted by molar-refractivity contribution is 5.95. The standard InChI is InChI=1S/C18H20N2O4/c1-12-2-3-15(16(21)10-12)19-17(22)13-4-7-20(8-5-13)18(23)14-6-9-24-11-14/h2-3,6,9-11,13,21H,4-5,7-8H2,1H3,(H,19,22). The van der Waals surface area contributed by atoms with E-state index in [1.807, 2.05) is 13.0 Å². The van der Waals surface area contributed by atoms with Crippen molar-refractivity contribution in [2.75, 3.05) is 18.4 Å². The molecule has 0 unspecified atom stereocenters. The molecular weight excluding hydrogens is 308 g/mol. The maximum absolute atomic E-state index is 12.4. The molecule has 1 aliphatic heterocycles. The molecule has 0 aliphatic carbocycles. The first-order valence-corrected chi connectivity index (χ1v) is 7.96. The van der Waals surface area contributed by atoms with E-state index in [4.69, 9.17) is 4.42 Å². The number of aromatic hydroxyl groups is 1. The molecule has 6 heteroatoms. The van der Waals surface area contributed by atoms with Crippen molar-refractivity contribution in [1.29, 1.82) is 0 Å². The van der Waals surface area contributed by atoms with Crippen LogP contribution < -0.4 is 5.32 Å². The van der Waals surface area contributed by atoms with Gasteiger partial charge in [0.1, 0.15) is 12.0 Å². The number of piperidine rings is 1. The molecule has 1 aromatic heterocycles. The fourth-order valence-corrected chi connectivity index (χ4v) is 2.90. The van der Waals surface area contributed by atoms with Gasteiger partial charge in [0.05, 0.1) is 17.5 Å². The number of hydrogen-bond acceptors (Lipinski definition) is 4. The number of rotatable bonds is 3. The molecule has 0 spiro atoms. The van der Waals surface area contributed by atoms with Gasteiger partial charge in [-0.25, -0.2) is 0 Å². The molecule has 2 heterocycles. The van der Waals surface area contributed by atoms with E-state index >= 15 is 0 Å². The molecular formula is C18H20N2O4. The van der Waals surface area contributed by atoms with E-state index in [0.29, 0.717) is 37.2 Å². The molecule has 0 saturated carbocycles. The summed E-state index contributed by atoms with van der Waals surface area (Å²) in [6.45, 7) is 2.93. The highest BCUT2D eigenvalue weighted by atomic mass is 16.3. The zero-order valence-corrected chi connectivity index (χ0v) is 13.5. The number of aryl methyl sites for hydroxylation is 1. The van der Waals surface area contributed by atoms with Crippen molar-refractivity contribution in [3.8, 4) is 5.75 Å². The van der Waals surface area contributed by atoms with Gasteiger partial charge in [0.15, 0.2) is 0 Å². The third kappa shape index (κ3) is 3.42. The summed E-state index contributed by atoms with van der Waals surface area (Å²) in [4.78, 5) is 26.3. The minimum absolute atomic E-state index is 0.0657. The number of benzene rings is 1. The number of nitrogens with one attached hydrogen (secondary N) is 1. The number of hydrogen-bond donors (Lipinski definition) is 2. The van der Waals surface area contributed by atoms with Gasteiger partial charge in [-0.3, -0.25) is 9.59 Å². The van der Waals surface area contributed by atoms with Crippen LogP contribution in [0.25, 0.3) is 0 Å². The third-order valence-electron chi connectivity index (χ3n) is 4.33. The predicted molar refractivity (Wildman–Crippen MR) is 88.8 cm³/mol. The molecule has 24 heavy (non-hydrogen) atoms. The number of furan rings is 1. The summed E-state index contributed by atoms with van der Waals surface area (Å²) in [6, 6.07) is 6.78. The Bertz CT molecular complexity index is 731. The lowest BCUT2D eigenvalue weighted by atomic mass is 9.95. The number of phenolic OH excluding ortho intramolecular Hbond substituents is 1. The van der Waals surface area contributed by atoms with E-state index in [2.05, 4.69) is 5.32 Å². The molecule has 1 fully saturated rings. The van der Waals surface area contributed by atoms with Crippen LogP contribution in [0, 0.1) is 12.8 Å². The van der Waals surface area contributed by atoms with Crippen LogP contribution in [0.3, 0.4) is 0 Å². The Morgan fingerprint density at radius 3 is 2.62 bits per heavy atom. The van der Waals surface area contributed by atoms with Crippen molar-refractivity contribution in [3.05, 3.63) is 47.9 Å². The molecule has 0 bridgehead atoms. The largest absolute Gasteiger partial charge is 0.506 e.